The van der Waals surface area contributed by atoms with Crippen molar-refractivity contribution < 1.29 is 14.3 Å². The van der Waals surface area contributed by atoms with E-state index in [1.54, 1.807) is 25.4 Å². The number of hydrogen-bond donors (Lipinski definition) is 1. The smallest absolute Gasteiger partial charge is 0.257 e. The number of carbonyl (C=O) groups is 1. The molecule has 3 aromatic rings. The molecule has 0 aliphatic carbocycles. The Bertz CT molecular complexity index is 859. The number of aromatic nitrogens is 1. The Kier molecular flexibility index (Phi) is 5.59. The van der Waals surface area contributed by atoms with E-state index < -0.39 is 0 Å². The van der Waals surface area contributed by atoms with Crippen molar-refractivity contribution >= 4 is 16.7 Å². The highest BCUT2D eigenvalue weighted by Gasteiger charge is 2.13. The number of ether oxygens (including phenoxy) is 2. The van der Waals surface area contributed by atoms with Gasteiger partial charge in [0.25, 0.3) is 5.91 Å². The van der Waals surface area contributed by atoms with Gasteiger partial charge in [-0.05, 0) is 28.5 Å². The van der Waals surface area contributed by atoms with Crippen molar-refractivity contribution in [2.75, 3.05) is 20.3 Å². The van der Waals surface area contributed by atoms with Crippen LogP contribution in [0.15, 0.2) is 60.8 Å². The summed E-state index contributed by atoms with van der Waals surface area (Å²) in [6.45, 7) is 1.22. The Morgan fingerprint density at radius 3 is 2.76 bits per heavy atom. The highest BCUT2D eigenvalue weighted by molar-refractivity contribution is 5.96. The quantitative estimate of drug-likeness (QED) is 0.673. The summed E-state index contributed by atoms with van der Waals surface area (Å²) in [5, 5.41) is 5.23. The molecule has 0 saturated heterocycles. The molecule has 0 fully saturated rings. The zero-order chi connectivity index (χ0) is 17.5. The predicted molar refractivity (Wildman–Crippen MR) is 96.7 cm³/mol. The molecule has 0 saturated carbocycles. The second kappa shape index (κ2) is 8.26. The number of fused-ring (bicyclic) bond motifs is 1. The van der Waals surface area contributed by atoms with E-state index >= 15 is 0 Å². The van der Waals surface area contributed by atoms with E-state index in [1.165, 1.54) is 0 Å². The zero-order valence-corrected chi connectivity index (χ0v) is 14.1. The summed E-state index contributed by atoms with van der Waals surface area (Å²) in [7, 11) is 1.60. The van der Waals surface area contributed by atoms with Crippen molar-refractivity contribution in [2.24, 2.45) is 0 Å². The average molecular weight is 336 g/mol. The summed E-state index contributed by atoms with van der Waals surface area (Å²) in [4.78, 5) is 16.7. The Morgan fingerprint density at radius 2 is 1.88 bits per heavy atom. The van der Waals surface area contributed by atoms with Crippen LogP contribution in [-0.4, -0.2) is 31.2 Å². The Labute approximate surface area is 146 Å². The van der Waals surface area contributed by atoms with E-state index in [0.717, 1.165) is 16.3 Å². The fourth-order valence-corrected chi connectivity index (χ4v) is 2.62. The minimum Gasteiger partial charge on any atom is -0.475 e. The first-order valence-electron chi connectivity index (χ1n) is 8.11. The first kappa shape index (κ1) is 16.9. The van der Waals surface area contributed by atoms with Crippen LogP contribution in [0.3, 0.4) is 0 Å². The van der Waals surface area contributed by atoms with Gasteiger partial charge in [0.1, 0.15) is 12.2 Å². The molecule has 0 unspecified atom stereocenters. The molecule has 0 aliphatic rings. The van der Waals surface area contributed by atoms with E-state index in [4.69, 9.17) is 9.47 Å². The Balaban J connectivity index is 1.72. The molecule has 1 amide bonds. The van der Waals surface area contributed by atoms with Gasteiger partial charge in [-0.2, -0.15) is 0 Å². The molecule has 1 aromatic heterocycles. The molecule has 0 aliphatic heterocycles. The van der Waals surface area contributed by atoms with Gasteiger partial charge in [-0.25, -0.2) is 4.98 Å². The molecular formula is C20H20N2O3. The fraction of sp³-hybridized carbons (Fsp3) is 0.200. The molecule has 5 nitrogen and oxygen atoms in total. The largest absolute Gasteiger partial charge is 0.475 e. The lowest BCUT2D eigenvalue weighted by Crippen LogP contribution is -2.24. The lowest BCUT2D eigenvalue weighted by molar-refractivity contribution is 0.0941. The molecule has 25 heavy (non-hydrogen) atoms. The third kappa shape index (κ3) is 4.14. The second-order valence-electron chi connectivity index (χ2n) is 5.52. The van der Waals surface area contributed by atoms with Gasteiger partial charge in [-0.3, -0.25) is 4.79 Å². The van der Waals surface area contributed by atoms with Crippen LogP contribution in [0, 0.1) is 0 Å². The molecule has 0 radical (unpaired) electrons. The number of methoxy groups -OCH3 is 1. The minimum absolute atomic E-state index is 0.214. The number of pyridine rings is 1. The van der Waals surface area contributed by atoms with E-state index in [2.05, 4.69) is 28.5 Å². The van der Waals surface area contributed by atoms with Gasteiger partial charge in [0, 0.05) is 19.9 Å². The molecule has 3 rings (SSSR count). The van der Waals surface area contributed by atoms with Crippen molar-refractivity contribution in [3.63, 3.8) is 0 Å². The van der Waals surface area contributed by atoms with Crippen molar-refractivity contribution in [2.45, 2.75) is 6.54 Å². The predicted octanol–water partition coefficient (Wildman–Crippen LogP) is 3.19. The van der Waals surface area contributed by atoms with E-state index in [9.17, 15) is 4.79 Å². The van der Waals surface area contributed by atoms with Crippen LogP contribution in [0.1, 0.15) is 15.9 Å². The second-order valence-corrected chi connectivity index (χ2v) is 5.52. The summed E-state index contributed by atoms with van der Waals surface area (Å²) >= 11 is 0. The molecule has 0 bridgehead atoms. The molecular weight excluding hydrogens is 316 g/mol. The Hall–Kier alpha value is -2.92. The van der Waals surface area contributed by atoms with Gasteiger partial charge in [-0.15, -0.1) is 0 Å². The van der Waals surface area contributed by atoms with Gasteiger partial charge in [-0.1, -0.05) is 42.5 Å². The SMILES string of the molecule is COCCOc1ncccc1C(=O)NCc1cccc2ccccc12. The van der Waals surface area contributed by atoms with Crippen molar-refractivity contribution in [1.82, 2.24) is 10.3 Å². The summed E-state index contributed by atoms with van der Waals surface area (Å²) in [5.74, 6) is 0.100. The maximum absolute atomic E-state index is 12.5. The number of carbonyl (C=O) groups excluding carboxylic acids is 1. The third-order valence-electron chi connectivity index (χ3n) is 3.86. The fourth-order valence-electron chi connectivity index (χ4n) is 2.62. The van der Waals surface area contributed by atoms with Crippen LogP contribution >= 0.6 is 0 Å². The maximum atomic E-state index is 12.5. The van der Waals surface area contributed by atoms with Gasteiger partial charge >= 0.3 is 0 Å². The molecule has 0 spiro atoms. The topological polar surface area (TPSA) is 60.5 Å². The number of benzene rings is 2. The highest BCUT2D eigenvalue weighted by Crippen LogP contribution is 2.19. The van der Waals surface area contributed by atoms with Crippen LogP contribution in [0.4, 0.5) is 0 Å². The summed E-state index contributed by atoms with van der Waals surface area (Å²) < 4.78 is 10.5. The molecule has 128 valence electrons. The van der Waals surface area contributed by atoms with Crippen LogP contribution in [0.25, 0.3) is 10.8 Å². The van der Waals surface area contributed by atoms with Crippen LogP contribution in [0.2, 0.25) is 0 Å². The number of amides is 1. The van der Waals surface area contributed by atoms with Crippen LogP contribution in [0.5, 0.6) is 5.88 Å². The van der Waals surface area contributed by atoms with Crippen molar-refractivity contribution in [3.05, 3.63) is 71.9 Å². The number of rotatable bonds is 7. The summed E-state index contributed by atoms with van der Waals surface area (Å²) in [6, 6.07) is 17.6. The molecule has 2 aromatic carbocycles. The third-order valence-corrected chi connectivity index (χ3v) is 3.86. The van der Waals surface area contributed by atoms with Gasteiger partial charge < -0.3 is 14.8 Å². The molecule has 1 heterocycles. The first-order valence-corrected chi connectivity index (χ1v) is 8.11. The number of nitrogens with one attached hydrogen (secondary N) is 1. The maximum Gasteiger partial charge on any atom is 0.257 e. The lowest BCUT2D eigenvalue weighted by atomic mass is 10.0. The van der Waals surface area contributed by atoms with E-state index in [1.807, 2.05) is 24.3 Å². The van der Waals surface area contributed by atoms with Crippen molar-refractivity contribution in [3.8, 4) is 5.88 Å². The van der Waals surface area contributed by atoms with Gasteiger partial charge in [0.2, 0.25) is 5.88 Å². The first-order chi connectivity index (χ1) is 12.3. The summed E-state index contributed by atoms with van der Waals surface area (Å²) in [6.07, 6.45) is 1.60. The lowest BCUT2D eigenvalue weighted by Gasteiger charge is -2.11. The Morgan fingerprint density at radius 1 is 1.04 bits per heavy atom. The van der Waals surface area contributed by atoms with Crippen LogP contribution < -0.4 is 10.1 Å². The standard InChI is InChI=1S/C20H20N2O3/c1-24-12-13-25-20-18(10-5-11-21-20)19(23)22-14-16-8-4-7-15-6-2-3-9-17(15)16/h2-11H,12-14H2,1H3,(H,22,23). The van der Waals surface area contributed by atoms with Crippen LogP contribution in [-0.2, 0) is 11.3 Å². The molecule has 1 N–H and O–H groups in total. The monoisotopic (exact) mass is 336 g/mol. The zero-order valence-electron chi connectivity index (χ0n) is 14.1. The highest BCUT2D eigenvalue weighted by atomic mass is 16.5. The number of hydrogen-bond acceptors (Lipinski definition) is 4. The minimum atomic E-state index is -0.214. The molecule has 5 heteroatoms. The van der Waals surface area contributed by atoms with Crippen molar-refractivity contribution in [1.29, 1.82) is 0 Å². The van der Waals surface area contributed by atoms with Gasteiger partial charge in [0.05, 0.1) is 6.61 Å². The normalized spacial score (nSPS) is 10.6. The van der Waals surface area contributed by atoms with E-state index in [0.29, 0.717) is 31.2 Å². The summed E-state index contributed by atoms with van der Waals surface area (Å²) in [5.41, 5.74) is 1.48. The number of nitrogens with zero attached hydrogens (tertiary/aromatic N) is 1. The average Bonchev–Trinajstić information content (AvgIpc) is 2.66. The van der Waals surface area contributed by atoms with Gasteiger partial charge in [0.15, 0.2) is 0 Å². The molecule has 0 atom stereocenters. The van der Waals surface area contributed by atoms with E-state index in [-0.39, 0.29) is 5.91 Å².